The monoisotopic (exact) mass is 424 g/mol. The maximum Gasteiger partial charge on any atom is 0.330 e. The fourth-order valence-electron chi connectivity index (χ4n) is 4.22. The van der Waals surface area contributed by atoms with Crippen LogP contribution in [0, 0.1) is 0 Å². The molecule has 3 heterocycles. The van der Waals surface area contributed by atoms with Gasteiger partial charge in [-0.3, -0.25) is 13.9 Å². The van der Waals surface area contributed by atoms with Gasteiger partial charge in [-0.2, -0.15) is 0 Å². The van der Waals surface area contributed by atoms with Crippen LogP contribution in [0.25, 0.3) is 11.2 Å². The second-order valence-electron chi connectivity index (χ2n) is 7.77. The zero-order valence-electron chi connectivity index (χ0n) is 18.0. The molecule has 1 saturated heterocycles. The molecule has 8 heteroatoms. The number of fused-ring (bicyclic) bond motifs is 1. The molecule has 1 fully saturated rings. The number of imidazole rings is 1. The van der Waals surface area contributed by atoms with E-state index < -0.39 is 0 Å². The minimum atomic E-state index is -0.0942. The molecular weight excluding hydrogens is 396 g/mol. The summed E-state index contributed by atoms with van der Waals surface area (Å²) in [5, 5.41) is 0. The molecule has 1 aromatic carbocycles. The third kappa shape index (κ3) is 4.34. The highest BCUT2D eigenvalue weighted by Gasteiger charge is 2.30. The standard InChI is InChI=1S/C23H28N4O4/c1-30-15-14-26-20-4-3-12-24-22(20)27(23(26)29)18-11-13-25(16-18)21(28)10-7-17-5-8-19(31-2)9-6-17/h3-6,8-9,12,18H,7,10-11,13-16H2,1-2H3. The Hall–Kier alpha value is -3.13. The number of ether oxygens (including phenoxy) is 2. The summed E-state index contributed by atoms with van der Waals surface area (Å²) in [5.74, 6) is 0.920. The summed E-state index contributed by atoms with van der Waals surface area (Å²) < 4.78 is 13.8. The molecule has 0 bridgehead atoms. The largest absolute Gasteiger partial charge is 0.497 e. The molecule has 4 rings (SSSR count). The number of carbonyl (C=O) groups excluding carboxylic acids is 1. The molecule has 3 aromatic rings. The number of nitrogens with zero attached hydrogens (tertiary/aromatic N) is 4. The molecule has 1 aliphatic rings. The maximum atomic E-state index is 13.1. The van der Waals surface area contributed by atoms with Gasteiger partial charge in [0.25, 0.3) is 0 Å². The van der Waals surface area contributed by atoms with Gasteiger partial charge in [0.2, 0.25) is 5.91 Å². The van der Waals surface area contributed by atoms with Gasteiger partial charge in [0.05, 0.1) is 31.8 Å². The summed E-state index contributed by atoms with van der Waals surface area (Å²) in [5.41, 5.74) is 2.48. The number of amides is 1. The molecule has 1 unspecified atom stereocenters. The average molecular weight is 425 g/mol. The fourth-order valence-corrected chi connectivity index (χ4v) is 4.22. The molecule has 0 spiro atoms. The number of rotatable bonds is 8. The van der Waals surface area contributed by atoms with Crippen LogP contribution in [0.1, 0.15) is 24.4 Å². The number of pyridine rings is 1. The second kappa shape index (κ2) is 9.34. The summed E-state index contributed by atoms with van der Waals surface area (Å²) in [7, 11) is 3.26. The van der Waals surface area contributed by atoms with E-state index >= 15 is 0 Å². The highest BCUT2D eigenvalue weighted by molar-refractivity contribution is 5.77. The van der Waals surface area contributed by atoms with E-state index in [1.807, 2.05) is 41.3 Å². The fraction of sp³-hybridized carbons (Fsp3) is 0.435. The molecule has 2 aromatic heterocycles. The van der Waals surface area contributed by atoms with Gasteiger partial charge in [-0.05, 0) is 42.7 Å². The number of aromatic nitrogens is 3. The summed E-state index contributed by atoms with van der Waals surface area (Å²) >= 11 is 0. The topological polar surface area (TPSA) is 78.6 Å². The Kier molecular flexibility index (Phi) is 6.36. The van der Waals surface area contributed by atoms with Crippen LogP contribution in [-0.4, -0.2) is 58.8 Å². The normalized spacial score (nSPS) is 16.2. The second-order valence-corrected chi connectivity index (χ2v) is 7.77. The van der Waals surface area contributed by atoms with Crippen molar-refractivity contribution in [2.24, 2.45) is 0 Å². The van der Waals surface area contributed by atoms with Gasteiger partial charge in [0.15, 0.2) is 5.65 Å². The van der Waals surface area contributed by atoms with Gasteiger partial charge in [-0.15, -0.1) is 0 Å². The zero-order valence-corrected chi connectivity index (χ0v) is 18.0. The zero-order chi connectivity index (χ0) is 21.8. The number of likely N-dealkylation sites (tertiary alicyclic amines) is 1. The minimum absolute atomic E-state index is 0.0707. The van der Waals surface area contributed by atoms with Crippen LogP contribution in [-0.2, 0) is 22.5 Å². The average Bonchev–Trinajstić information content (AvgIpc) is 3.38. The highest BCUT2D eigenvalue weighted by atomic mass is 16.5. The third-order valence-electron chi connectivity index (χ3n) is 5.91. The SMILES string of the molecule is COCCn1c(=O)n(C2CCN(C(=O)CCc3ccc(OC)cc3)C2)c2ncccc21. The van der Waals surface area contributed by atoms with E-state index in [-0.39, 0.29) is 17.6 Å². The number of carbonyl (C=O) groups is 1. The van der Waals surface area contributed by atoms with Gasteiger partial charge < -0.3 is 14.4 Å². The van der Waals surface area contributed by atoms with Gasteiger partial charge >= 0.3 is 5.69 Å². The van der Waals surface area contributed by atoms with Crippen molar-refractivity contribution in [2.75, 3.05) is 33.9 Å². The Bertz CT molecular complexity index is 1100. The van der Waals surface area contributed by atoms with Crippen LogP contribution < -0.4 is 10.4 Å². The van der Waals surface area contributed by atoms with E-state index in [1.54, 1.807) is 29.6 Å². The molecule has 31 heavy (non-hydrogen) atoms. The number of hydrogen-bond acceptors (Lipinski definition) is 5. The third-order valence-corrected chi connectivity index (χ3v) is 5.91. The summed E-state index contributed by atoms with van der Waals surface area (Å²) in [6.45, 7) is 2.10. The molecule has 0 aliphatic carbocycles. The van der Waals surface area contributed by atoms with E-state index in [1.165, 1.54) is 0 Å². The van der Waals surface area contributed by atoms with Crippen molar-refractivity contribution in [1.29, 1.82) is 0 Å². The maximum absolute atomic E-state index is 13.1. The lowest BCUT2D eigenvalue weighted by Crippen LogP contribution is -2.32. The molecule has 1 amide bonds. The lowest BCUT2D eigenvalue weighted by Gasteiger charge is -2.17. The number of aryl methyl sites for hydroxylation is 1. The van der Waals surface area contributed by atoms with E-state index in [0.29, 0.717) is 44.7 Å². The molecule has 0 N–H and O–H groups in total. The Labute approximate surface area is 181 Å². The Morgan fingerprint density at radius 2 is 2.00 bits per heavy atom. The van der Waals surface area contributed by atoms with Crippen LogP contribution in [0.15, 0.2) is 47.4 Å². The Morgan fingerprint density at radius 1 is 1.19 bits per heavy atom. The predicted octanol–water partition coefficient (Wildman–Crippen LogP) is 2.26. The first-order chi connectivity index (χ1) is 15.1. The molecular formula is C23H28N4O4. The van der Waals surface area contributed by atoms with Crippen molar-refractivity contribution in [2.45, 2.75) is 31.8 Å². The van der Waals surface area contributed by atoms with Crippen molar-refractivity contribution < 1.29 is 14.3 Å². The number of methoxy groups -OCH3 is 2. The van der Waals surface area contributed by atoms with Gasteiger partial charge in [0, 0.05) is 32.8 Å². The van der Waals surface area contributed by atoms with Crippen LogP contribution in [0.2, 0.25) is 0 Å². The molecule has 1 aliphatic heterocycles. The quantitative estimate of drug-likeness (QED) is 0.554. The van der Waals surface area contributed by atoms with Crippen LogP contribution >= 0.6 is 0 Å². The van der Waals surface area contributed by atoms with Crippen LogP contribution in [0.3, 0.4) is 0 Å². The first kappa shape index (κ1) is 21.1. The molecule has 0 radical (unpaired) electrons. The van der Waals surface area contributed by atoms with Crippen molar-refractivity contribution in [3.63, 3.8) is 0 Å². The lowest BCUT2D eigenvalue weighted by molar-refractivity contribution is -0.130. The molecule has 0 saturated carbocycles. The molecule has 1 atom stereocenters. The van der Waals surface area contributed by atoms with E-state index in [0.717, 1.165) is 23.3 Å². The van der Waals surface area contributed by atoms with Gasteiger partial charge in [-0.25, -0.2) is 9.78 Å². The van der Waals surface area contributed by atoms with Crippen molar-refractivity contribution in [3.05, 3.63) is 58.6 Å². The van der Waals surface area contributed by atoms with Gasteiger partial charge in [-0.1, -0.05) is 12.1 Å². The van der Waals surface area contributed by atoms with Crippen molar-refractivity contribution >= 4 is 17.1 Å². The number of benzene rings is 1. The molecule has 8 nitrogen and oxygen atoms in total. The Morgan fingerprint density at radius 3 is 2.74 bits per heavy atom. The lowest BCUT2D eigenvalue weighted by atomic mass is 10.1. The van der Waals surface area contributed by atoms with Crippen molar-refractivity contribution in [1.82, 2.24) is 19.0 Å². The smallest absolute Gasteiger partial charge is 0.330 e. The van der Waals surface area contributed by atoms with E-state index in [4.69, 9.17) is 9.47 Å². The van der Waals surface area contributed by atoms with Gasteiger partial charge in [0.1, 0.15) is 5.75 Å². The van der Waals surface area contributed by atoms with E-state index in [9.17, 15) is 9.59 Å². The van der Waals surface area contributed by atoms with E-state index in [2.05, 4.69) is 4.98 Å². The number of hydrogen-bond donors (Lipinski definition) is 0. The first-order valence-corrected chi connectivity index (χ1v) is 10.6. The summed E-state index contributed by atoms with van der Waals surface area (Å²) in [6.07, 6.45) is 3.57. The summed E-state index contributed by atoms with van der Waals surface area (Å²) in [4.78, 5) is 32.3. The molecule has 164 valence electrons. The minimum Gasteiger partial charge on any atom is -0.497 e. The van der Waals surface area contributed by atoms with Crippen LogP contribution in [0.5, 0.6) is 5.75 Å². The highest BCUT2D eigenvalue weighted by Crippen LogP contribution is 2.25. The Balaban J connectivity index is 1.46. The van der Waals surface area contributed by atoms with Crippen molar-refractivity contribution in [3.8, 4) is 5.75 Å². The van der Waals surface area contributed by atoms with Crippen LogP contribution in [0.4, 0.5) is 0 Å². The predicted molar refractivity (Wildman–Crippen MR) is 117 cm³/mol. The first-order valence-electron chi connectivity index (χ1n) is 10.6. The summed E-state index contributed by atoms with van der Waals surface area (Å²) in [6, 6.07) is 11.5.